The van der Waals surface area contributed by atoms with Crippen LogP contribution >= 0.6 is 11.6 Å². The number of alkyl halides is 3. The van der Waals surface area contributed by atoms with Crippen LogP contribution < -0.4 is 5.32 Å². The third-order valence-electron chi connectivity index (χ3n) is 3.17. The number of hydrogen-bond acceptors (Lipinski definition) is 3. The molecule has 2 rings (SSSR count). The van der Waals surface area contributed by atoms with Crippen molar-refractivity contribution in [2.45, 2.75) is 25.9 Å². The van der Waals surface area contributed by atoms with E-state index in [0.29, 0.717) is 22.5 Å². The number of pyridine rings is 1. The first-order valence-corrected chi connectivity index (χ1v) is 7.16. The molecule has 2 aromatic rings. The molecule has 3 nitrogen and oxygen atoms in total. The van der Waals surface area contributed by atoms with Gasteiger partial charge >= 0.3 is 6.18 Å². The second-order valence-electron chi connectivity index (χ2n) is 4.82. The fourth-order valence-electron chi connectivity index (χ4n) is 2.07. The molecular weight excluding hydrogens is 317 g/mol. The number of hydrogen-bond donors (Lipinski definition) is 1. The number of Topliss-reactive ketones (excluding diaryl/α,β-unsaturated/α-hetero) is 1. The summed E-state index contributed by atoms with van der Waals surface area (Å²) in [5.41, 5.74) is 0.112. The van der Waals surface area contributed by atoms with E-state index < -0.39 is 17.5 Å². The Morgan fingerprint density at radius 1 is 1.36 bits per heavy atom. The summed E-state index contributed by atoms with van der Waals surface area (Å²) in [7, 11) is 0. The van der Waals surface area contributed by atoms with E-state index >= 15 is 0 Å². The zero-order chi connectivity index (χ0) is 16.3. The number of halogens is 4. The fraction of sp³-hybridized carbons (Fsp3) is 0.333. The molecule has 0 spiro atoms. The predicted octanol–water partition coefficient (Wildman–Crippen LogP) is 4.85. The Bertz CT molecular complexity index is 701. The minimum atomic E-state index is -4.94. The van der Waals surface area contributed by atoms with E-state index in [4.69, 9.17) is 11.6 Å². The minimum Gasteiger partial charge on any atom is -0.384 e. The van der Waals surface area contributed by atoms with Gasteiger partial charge in [0.25, 0.3) is 5.78 Å². The molecule has 0 amide bonds. The second-order valence-corrected chi connectivity index (χ2v) is 5.25. The summed E-state index contributed by atoms with van der Waals surface area (Å²) in [6, 6.07) is 4.66. The maximum atomic E-state index is 12.7. The van der Waals surface area contributed by atoms with Crippen LogP contribution in [0.25, 0.3) is 10.9 Å². The van der Waals surface area contributed by atoms with E-state index in [1.807, 2.05) is 6.92 Å². The number of benzene rings is 1. The lowest BCUT2D eigenvalue weighted by Gasteiger charge is -2.15. The van der Waals surface area contributed by atoms with Crippen molar-refractivity contribution in [3.63, 3.8) is 0 Å². The van der Waals surface area contributed by atoms with Crippen LogP contribution in [0.4, 0.5) is 18.9 Å². The third kappa shape index (κ3) is 3.50. The third-order valence-corrected chi connectivity index (χ3v) is 3.40. The number of nitrogens with zero attached hydrogens (tertiary/aromatic N) is 1. The number of fused-ring (bicyclic) bond motifs is 1. The first-order valence-electron chi connectivity index (χ1n) is 6.78. The SMILES string of the molecule is CCCCNc1c(C(=O)C(F)(F)F)cnc2cc(Cl)ccc12. The van der Waals surface area contributed by atoms with Crippen LogP contribution in [0, 0.1) is 0 Å². The minimum absolute atomic E-state index is 0.150. The molecule has 0 unspecified atom stereocenters. The first-order chi connectivity index (χ1) is 10.3. The van der Waals surface area contributed by atoms with Crippen LogP contribution in [0.15, 0.2) is 24.4 Å². The molecule has 22 heavy (non-hydrogen) atoms. The topological polar surface area (TPSA) is 42.0 Å². The first kappa shape index (κ1) is 16.5. The molecule has 0 bridgehead atoms. The summed E-state index contributed by atoms with van der Waals surface area (Å²) >= 11 is 5.87. The normalized spacial score (nSPS) is 11.7. The highest BCUT2D eigenvalue weighted by Crippen LogP contribution is 2.32. The smallest absolute Gasteiger partial charge is 0.384 e. The zero-order valence-electron chi connectivity index (χ0n) is 11.8. The van der Waals surface area contributed by atoms with Crippen LogP contribution in [0.2, 0.25) is 5.02 Å². The molecule has 7 heteroatoms. The lowest BCUT2D eigenvalue weighted by Crippen LogP contribution is -2.24. The summed E-state index contributed by atoms with van der Waals surface area (Å²) < 4.78 is 38.2. The number of ketones is 1. The highest BCUT2D eigenvalue weighted by Gasteiger charge is 2.41. The molecule has 0 saturated heterocycles. The molecule has 118 valence electrons. The van der Waals surface area contributed by atoms with E-state index in [1.165, 1.54) is 0 Å². The molecule has 0 saturated carbocycles. The highest BCUT2D eigenvalue weighted by molar-refractivity contribution is 6.31. The highest BCUT2D eigenvalue weighted by atomic mass is 35.5. The van der Waals surface area contributed by atoms with Gasteiger partial charge in [-0.15, -0.1) is 0 Å². The number of anilines is 1. The Balaban J connectivity index is 2.57. The van der Waals surface area contributed by atoms with Crippen molar-refractivity contribution in [1.29, 1.82) is 0 Å². The van der Waals surface area contributed by atoms with Gasteiger partial charge in [-0.1, -0.05) is 24.9 Å². The Kier molecular flexibility index (Phi) is 4.90. The molecule has 0 fully saturated rings. The Morgan fingerprint density at radius 2 is 2.09 bits per heavy atom. The molecule has 0 aliphatic carbocycles. The summed E-state index contributed by atoms with van der Waals surface area (Å²) in [4.78, 5) is 15.5. The molecule has 1 aromatic carbocycles. The maximum Gasteiger partial charge on any atom is 0.455 e. The van der Waals surface area contributed by atoms with Gasteiger partial charge in [0.2, 0.25) is 0 Å². The maximum absolute atomic E-state index is 12.7. The number of nitrogens with one attached hydrogen (secondary N) is 1. The van der Waals surface area contributed by atoms with Gasteiger partial charge in [0.15, 0.2) is 0 Å². The van der Waals surface area contributed by atoms with Gasteiger partial charge in [-0.2, -0.15) is 13.2 Å². The number of rotatable bonds is 5. The summed E-state index contributed by atoms with van der Waals surface area (Å²) in [6.07, 6.45) is -2.34. The predicted molar refractivity (Wildman–Crippen MR) is 80.5 cm³/mol. The van der Waals surface area contributed by atoms with Gasteiger partial charge in [-0.05, 0) is 24.6 Å². The van der Waals surface area contributed by atoms with Crippen LogP contribution in [-0.2, 0) is 0 Å². The summed E-state index contributed by atoms with van der Waals surface area (Å²) in [6.45, 7) is 2.43. The van der Waals surface area contributed by atoms with Crippen molar-refractivity contribution in [2.75, 3.05) is 11.9 Å². The molecule has 0 atom stereocenters. The molecule has 0 radical (unpaired) electrons. The van der Waals surface area contributed by atoms with Crippen LogP contribution in [0.3, 0.4) is 0 Å². The van der Waals surface area contributed by atoms with Gasteiger partial charge in [-0.25, -0.2) is 0 Å². The van der Waals surface area contributed by atoms with Crippen LogP contribution in [-0.4, -0.2) is 23.5 Å². The number of unbranched alkanes of at least 4 members (excludes halogenated alkanes) is 1. The van der Waals surface area contributed by atoms with Crippen molar-refractivity contribution in [3.8, 4) is 0 Å². The van der Waals surface area contributed by atoms with Gasteiger partial charge in [0, 0.05) is 23.2 Å². The zero-order valence-corrected chi connectivity index (χ0v) is 12.6. The largest absolute Gasteiger partial charge is 0.455 e. The molecule has 0 aliphatic rings. The lowest BCUT2D eigenvalue weighted by atomic mass is 10.1. The Morgan fingerprint density at radius 3 is 2.73 bits per heavy atom. The summed E-state index contributed by atoms with van der Waals surface area (Å²) in [5, 5.41) is 3.79. The van der Waals surface area contributed by atoms with E-state index in [9.17, 15) is 18.0 Å². The van der Waals surface area contributed by atoms with Gasteiger partial charge in [0.05, 0.1) is 16.8 Å². The second kappa shape index (κ2) is 6.52. The van der Waals surface area contributed by atoms with E-state index in [1.54, 1.807) is 18.2 Å². The van der Waals surface area contributed by atoms with Crippen molar-refractivity contribution in [2.24, 2.45) is 0 Å². The number of aromatic nitrogens is 1. The van der Waals surface area contributed by atoms with Crippen molar-refractivity contribution >= 4 is 34.0 Å². The monoisotopic (exact) mass is 330 g/mol. The molecular formula is C15H14ClF3N2O. The van der Waals surface area contributed by atoms with Crippen molar-refractivity contribution in [1.82, 2.24) is 4.98 Å². The quantitative estimate of drug-likeness (QED) is 0.629. The van der Waals surface area contributed by atoms with E-state index in [-0.39, 0.29) is 5.69 Å². The number of carbonyl (C=O) groups is 1. The fourth-order valence-corrected chi connectivity index (χ4v) is 2.24. The van der Waals surface area contributed by atoms with E-state index in [2.05, 4.69) is 10.3 Å². The standard InChI is InChI=1S/C15H14ClF3N2O/c1-2-3-6-20-13-10-5-4-9(16)7-12(10)21-8-11(13)14(22)15(17,18)19/h4-5,7-8H,2-3,6H2,1H3,(H,20,21). The van der Waals surface area contributed by atoms with Gasteiger partial charge in [0.1, 0.15) is 0 Å². The number of carbonyl (C=O) groups excluding carboxylic acids is 1. The van der Waals surface area contributed by atoms with Gasteiger partial charge in [-0.3, -0.25) is 9.78 Å². The average molecular weight is 331 g/mol. The molecule has 1 heterocycles. The van der Waals surface area contributed by atoms with Crippen LogP contribution in [0.1, 0.15) is 30.1 Å². The van der Waals surface area contributed by atoms with Crippen molar-refractivity contribution < 1.29 is 18.0 Å². The Hall–Kier alpha value is -1.82. The van der Waals surface area contributed by atoms with Gasteiger partial charge < -0.3 is 5.32 Å². The lowest BCUT2D eigenvalue weighted by molar-refractivity contribution is -0.0884. The molecule has 1 aromatic heterocycles. The summed E-state index contributed by atoms with van der Waals surface area (Å²) in [5.74, 6) is -1.91. The molecule has 1 N–H and O–H groups in total. The Labute approximate surface area is 130 Å². The average Bonchev–Trinajstić information content (AvgIpc) is 2.45. The molecule has 0 aliphatic heterocycles. The van der Waals surface area contributed by atoms with Crippen LogP contribution in [0.5, 0.6) is 0 Å². The van der Waals surface area contributed by atoms with Crippen molar-refractivity contribution in [3.05, 3.63) is 35.0 Å². The van der Waals surface area contributed by atoms with E-state index in [0.717, 1.165) is 19.0 Å².